The van der Waals surface area contributed by atoms with Crippen molar-refractivity contribution in [2.75, 3.05) is 0 Å². The van der Waals surface area contributed by atoms with Gasteiger partial charge in [-0.05, 0) is 0 Å². The Bertz CT molecular complexity index is 746. The normalized spacial score (nSPS) is 19.9. The van der Waals surface area contributed by atoms with Crippen molar-refractivity contribution in [1.82, 2.24) is 0 Å². The van der Waals surface area contributed by atoms with E-state index in [2.05, 4.69) is 71.9 Å². The van der Waals surface area contributed by atoms with Gasteiger partial charge in [0.05, 0.1) is 0 Å². The Labute approximate surface area is 212 Å². The molecule has 0 aromatic heterocycles. The van der Waals surface area contributed by atoms with Gasteiger partial charge in [-0.2, -0.15) is 0 Å². The molecule has 1 atom stereocenters. The molecule has 0 heterocycles. The Hall–Kier alpha value is 0.783. The molecule has 0 spiro atoms. The van der Waals surface area contributed by atoms with Gasteiger partial charge >= 0.3 is 167 Å². The second-order valence-corrected chi connectivity index (χ2v) is 12.0. The number of rotatable bonds is 6. The summed E-state index contributed by atoms with van der Waals surface area (Å²) >= 11 is -0.729. The third-order valence-electron chi connectivity index (χ3n) is 6.73. The number of hydrogen-bond donors (Lipinski definition) is 0. The van der Waals surface area contributed by atoms with E-state index >= 15 is 0 Å². The van der Waals surface area contributed by atoms with Crippen LogP contribution in [0.25, 0.3) is 6.08 Å². The standard InChI is InChI=1S/C13H15.C11H17.2HI.Zr/c1-2-3-6-11-9-12-7-4-5-8-13(12)10-11;1-6-11-9(4)7(2)8(3)10(11)5;;;/h4-5,7-10H,2-3,6H2,1H3;6H2,1-5H3;2*1H;/q;;;;+2/p-2. The van der Waals surface area contributed by atoms with Crippen molar-refractivity contribution in [1.29, 1.82) is 0 Å². The molecule has 3 rings (SSSR count). The van der Waals surface area contributed by atoms with Gasteiger partial charge in [0, 0.05) is 0 Å². The molecule has 1 unspecified atom stereocenters. The first kappa shape index (κ1) is 25.8. The fourth-order valence-corrected chi connectivity index (χ4v) is 10.5. The molecule has 1 aromatic rings. The van der Waals surface area contributed by atoms with Gasteiger partial charge in [0.2, 0.25) is 0 Å². The molecule has 2 aliphatic rings. The summed E-state index contributed by atoms with van der Waals surface area (Å²) in [5.41, 5.74) is 11.4. The second kappa shape index (κ2) is 10.7. The van der Waals surface area contributed by atoms with Crippen molar-refractivity contribution in [2.45, 2.75) is 74.0 Å². The van der Waals surface area contributed by atoms with Crippen molar-refractivity contribution < 1.29 is 71.2 Å². The third-order valence-corrected chi connectivity index (χ3v) is 13.0. The van der Waals surface area contributed by atoms with Crippen LogP contribution in [-0.4, -0.2) is 0 Å². The van der Waals surface area contributed by atoms with E-state index in [-0.39, 0.29) is 48.0 Å². The molecule has 0 bridgehead atoms. The zero-order valence-electron chi connectivity index (χ0n) is 17.5. The van der Waals surface area contributed by atoms with Crippen LogP contribution in [0, 0.1) is 0 Å². The van der Waals surface area contributed by atoms with E-state index in [1.165, 1.54) is 31.2 Å². The molecule has 3 heteroatoms. The van der Waals surface area contributed by atoms with Gasteiger partial charge in [-0.15, -0.1) is 0 Å². The Kier molecular flexibility index (Phi) is 10.2. The molecule has 1 aromatic carbocycles. The maximum Gasteiger partial charge on any atom is -1.00 e. The van der Waals surface area contributed by atoms with Gasteiger partial charge in [0.15, 0.2) is 0 Å². The van der Waals surface area contributed by atoms with E-state index < -0.39 is 23.2 Å². The number of allylic oxidation sites excluding steroid dienone is 5. The SMILES string of the molecule is CCCCC1=Cc2ccccc2[CH]1[Zr+2][C]1(CC)C(C)=C(C)C(C)=C1C.[I-].[I-]. The number of halogens is 2. The fraction of sp³-hybridized carbons (Fsp3) is 0.500. The average Bonchev–Trinajstić information content (AvgIpc) is 3.05. The summed E-state index contributed by atoms with van der Waals surface area (Å²) in [6, 6.07) is 9.19. The minimum atomic E-state index is -0.729. The van der Waals surface area contributed by atoms with Gasteiger partial charge in [-0.1, -0.05) is 0 Å². The summed E-state index contributed by atoms with van der Waals surface area (Å²) in [4.78, 5) is 0. The zero-order valence-corrected chi connectivity index (χ0v) is 24.3. The summed E-state index contributed by atoms with van der Waals surface area (Å²) in [7, 11) is 0. The van der Waals surface area contributed by atoms with Crippen LogP contribution in [0.15, 0.2) is 52.1 Å². The predicted octanol–water partition coefficient (Wildman–Crippen LogP) is 1.66. The van der Waals surface area contributed by atoms with Gasteiger partial charge in [-0.3, -0.25) is 0 Å². The van der Waals surface area contributed by atoms with E-state index in [9.17, 15) is 0 Å². The van der Waals surface area contributed by atoms with Crippen LogP contribution < -0.4 is 48.0 Å². The molecule has 0 amide bonds. The number of benzene rings is 1. The van der Waals surface area contributed by atoms with Crippen molar-refractivity contribution in [2.24, 2.45) is 0 Å². The molecule has 0 saturated carbocycles. The maximum absolute atomic E-state index is 2.53. The molecular formula is C24H32I2Zr. The first-order valence-electron chi connectivity index (χ1n) is 9.89. The number of unbranched alkanes of at least 4 members (excludes halogenated alkanes) is 1. The largest absolute Gasteiger partial charge is 1.00 e. The maximum atomic E-state index is 2.53. The van der Waals surface area contributed by atoms with E-state index in [0.29, 0.717) is 3.12 Å². The van der Waals surface area contributed by atoms with Crippen molar-refractivity contribution >= 4 is 6.08 Å². The molecule has 2 aliphatic carbocycles. The molecule has 0 saturated heterocycles. The van der Waals surface area contributed by atoms with Gasteiger partial charge in [0.25, 0.3) is 0 Å². The summed E-state index contributed by atoms with van der Waals surface area (Å²) in [6.45, 7) is 14.3. The van der Waals surface area contributed by atoms with Crippen LogP contribution in [0.1, 0.15) is 82.0 Å². The first-order valence-corrected chi connectivity index (χ1v) is 12.5. The molecule has 0 fully saturated rings. The average molecular weight is 666 g/mol. The summed E-state index contributed by atoms with van der Waals surface area (Å²) in [5, 5.41) is 0. The molecule has 27 heavy (non-hydrogen) atoms. The van der Waals surface area contributed by atoms with Crippen molar-refractivity contribution in [3.8, 4) is 0 Å². The predicted molar refractivity (Wildman–Crippen MR) is 106 cm³/mol. The van der Waals surface area contributed by atoms with Crippen LogP contribution in [0.4, 0.5) is 0 Å². The Balaban J connectivity index is 0.00000182. The van der Waals surface area contributed by atoms with Crippen molar-refractivity contribution in [3.63, 3.8) is 0 Å². The zero-order chi connectivity index (χ0) is 18.2. The summed E-state index contributed by atoms with van der Waals surface area (Å²) in [5.74, 6) is 0. The molecule has 0 N–H and O–H groups in total. The topological polar surface area (TPSA) is 0 Å². The summed E-state index contributed by atoms with van der Waals surface area (Å²) < 4.78 is 1.18. The van der Waals surface area contributed by atoms with Gasteiger partial charge < -0.3 is 48.0 Å². The first-order chi connectivity index (χ1) is 12.0. The molecular weight excluding hydrogens is 633 g/mol. The quantitative estimate of drug-likeness (QED) is 0.406. The minimum absolute atomic E-state index is 0. The number of hydrogen-bond acceptors (Lipinski definition) is 0. The van der Waals surface area contributed by atoms with Crippen LogP contribution in [0.2, 0.25) is 3.12 Å². The molecule has 0 aliphatic heterocycles. The van der Waals surface area contributed by atoms with Crippen LogP contribution in [-0.2, 0) is 23.2 Å². The molecule has 0 radical (unpaired) electrons. The number of fused-ring (bicyclic) bond motifs is 1. The van der Waals surface area contributed by atoms with Gasteiger partial charge in [0.1, 0.15) is 0 Å². The van der Waals surface area contributed by atoms with E-state index in [4.69, 9.17) is 0 Å². The molecule has 146 valence electrons. The minimum Gasteiger partial charge on any atom is -1.00 e. The summed E-state index contributed by atoms with van der Waals surface area (Å²) in [6.07, 6.45) is 7.73. The van der Waals surface area contributed by atoms with E-state index in [1.54, 1.807) is 33.4 Å². The Morgan fingerprint density at radius 2 is 1.52 bits per heavy atom. The Morgan fingerprint density at radius 3 is 2.07 bits per heavy atom. The molecule has 0 nitrogen and oxygen atoms in total. The van der Waals surface area contributed by atoms with Crippen LogP contribution in [0.5, 0.6) is 0 Å². The third kappa shape index (κ3) is 4.60. The van der Waals surface area contributed by atoms with E-state index in [0.717, 1.165) is 3.63 Å². The smallest absolute Gasteiger partial charge is 1.00 e. The van der Waals surface area contributed by atoms with Crippen LogP contribution >= 0.6 is 0 Å². The van der Waals surface area contributed by atoms with Gasteiger partial charge in [-0.25, -0.2) is 0 Å². The Morgan fingerprint density at radius 1 is 0.926 bits per heavy atom. The second-order valence-electron chi connectivity index (χ2n) is 7.79. The fourth-order valence-electron chi connectivity index (χ4n) is 4.74. The van der Waals surface area contributed by atoms with Crippen molar-refractivity contribution in [3.05, 3.63) is 63.3 Å². The van der Waals surface area contributed by atoms with Crippen LogP contribution in [0.3, 0.4) is 0 Å². The monoisotopic (exact) mass is 664 g/mol. The van der Waals surface area contributed by atoms with E-state index in [1.807, 2.05) is 0 Å².